The molecule has 0 atom stereocenters. The lowest BCUT2D eigenvalue weighted by Gasteiger charge is -2.21. The summed E-state index contributed by atoms with van der Waals surface area (Å²) in [6, 6.07) is 5.56. The van der Waals surface area contributed by atoms with Gasteiger partial charge in [-0.1, -0.05) is 16.8 Å². The number of nitrogens with zero attached hydrogens (tertiary/aromatic N) is 2. The molecule has 0 spiro atoms. The molecule has 6 heteroatoms. The molecule has 0 bridgehead atoms. The number of halogens is 1. The highest BCUT2D eigenvalue weighted by Gasteiger charge is 2.12. The molecule has 1 aromatic carbocycles. The number of nitrogens with one attached hydrogen (secondary N) is 1. The van der Waals surface area contributed by atoms with Crippen LogP contribution in [0.4, 0.5) is 0 Å². The van der Waals surface area contributed by atoms with Gasteiger partial charge in [-0.25, -0.2) is 0 Å². The van der Waals surface area contributed by atoms with E-state index in [2.05, 4.69) is 36.2 Å². The van der Waals surface area contributed by atoms with E-state index in [1.807, 2.05) is 12.1 Å². The average molecular weight is 310 g/mol. The predicted octanol–water partition coefficient (Wildman–Crippen LogP) is 3.50. The van der Waals surface area contributed by atoms with Crippen LogP contribution in [0.15, 0.2) is 22.7 Å². The molecule has 0 radical (unpaired) electrons. The lowest BCUT2D eigenvalue weighted by molar-refractivity contribution is 0.281. The summed E-state index contributed by atoms with van der Waals surface area (Å²) in [5.74, 6) is 1.81. The number of ether oxygens (including phenoxy) is 1. The molecule has 0 aliphatic rings. The van der Waals surface area contributed by atoms with Crippen molar-refractivity contribution < 1.29 is 9.26 Å². The molecule has 21 heavy (non-hydrogen) atoms. The van der Waals surface area contributed by atoms with Crippen LogP contribution >= 0.6 is 11.6 Å². The van der Waals surface area contributed by atoms with Crippen molar-refractivity contribution in [3.8, 4) is 5.75 Å². The molecule has 0 amide bonds. The first-order valence-electron chi connectivity index (χ1n) is 6.79. The Balaban J connectivity index is 2.07. The van der Waals surface area contributed by atoms with Crippen molar-refractivity contribution in [1.29, 1.82) is 0 Å². The van der Waals surface area contributed by atoms with Gasteiger partial charge in [-0.15, -0.1) is 0 Å². The van der Waals surface area contributed by atoms with Crippen molar-refractivity contribution in [2.45, 2.75) is 46.4 Å². The van der Waals surface area contributed by atoms with Gasteiger partial charge in [-0.2, -0.15) is 4.98 Å². The van der Waals surface area contributed by atoms with Crippen molar-refractivity contribution in [3.63, 3.8) is 0 Å². The van der Waals surface area contributed by atoms with Crippen LogP contribution in [0.25, 0.3) is 0 Å². The highest BCUT2D eigenvalue weighted by Crippen LogP contribution is 2.24. The largest absolute Gasteiger partial charge is 0.485 e. The van der Waals surface area contributed by atoms with E-state index in [-0.39, 0.29) is 12.1 Å². The summed E-state index contributed by atoms with van der Waals surface area (Å²) in [5, 5.41) is 7.91. The van der Waals surface area contributed by atoms with Gasteiger partial charge in [-0.3, -0.25) is 0 Å². The standard InChI is InChI=1S/C15H20ClN3O2/c1-10-18-14(19-21-10)9-20-13-6-5-12(16)7-11(13)8-17-15(2,3)4/h5-7,17H,8-9H2,1-4H3. The van der Waals surface area contributed by atoms with Gasteiger partial charge >= 0.3 is 0 Å². The van der Waals surface area contributed by atoms with Crippen LogP contribution in [-0.4, -0.2) is 15.7 Å². The minimum absolute atomic E-state index is 0.0182. The summed E-state index contributed by atoms with van der Waals surface area (Å²) in [6.07, 6.45) is 0. The second-order valence-electron chi connectivity index (χ2n) is 5.87. The quantitative estimate of drug-likeness (QED) is 0.916. The summed E-state index contributed by atoms with van der Waals surface area (Å²) >= 11 is 6.06. The van der Waals surface area contributed by atoms with E-state index in [0.29, 0.717) is 23.3 Å². The van der Waals surface area contributed by atoms with Gasteiger partial charge < -0.3 is 14.6 Å². The summed E-state index contributed by atoms with van der Waals surface area (Å²) in [4.78, 5) is 4.11. The highest BCUT2D eigenvalue weighted by atomic mass is 35.5. The molecule has 1 aromatic heterocycles. The van der Waals surface area contributed by atoms with Crippen molar-refractivity contribution in [1.82, 2.24) is 15.5 Å². The number of aryl methyl sites for hydroxylation is 1. The Labute approximate surface area is 129 Å². The van der Waals surface area contributed by atoms with E-state index in [1.165, 1.54) is 0 Å². The molecule has 0 saturated heterocycles. The van der Waals surface area contributed by atoms with Crippen LogP contribution in [0.2, 0.25) is 5.02 Å². The van der Waals surface area contributed by atoms with Crippen molar-refractivity contribution >= 4 is 11.6 Å². The maximum atomic E-state index is 6.06. The number of hydrogen-bond donors (Lipinski definition) is 1. The van der Waals surface area contributed by atoms with E-state index in [4.69, 9.17) is 20.9 Å². The molecule has 1 heterocycles. The van der Waals surface area contributed by atoms with Gasteiger partial charge in [-0.05, 0) is 39.0 Å². The Bertz CT molecular complexity index is 605. The van der Waals surface area contributed by atoms with Gasteiger partial charge in [0.05, 0.1) is 0 Å². The molecule has 114 valence electrons. The zero-order chi connectivity index (χ0) is 15.5. The van der Waals surface area contributed by atoms with Gasteiger partial charge in [0.1, 0.15) is 5.75 Å². The van der Waals surface area contributed by atoms with Crippen LogP contribution in [-0.2, 0) is 13.2 Å². The van der Waals surface area contributed by atoms with Crippen molar-refractivity contribution in [3.05, 3.63) is 40.5 Å². The summed E-state index contributed by atoms with van der Waals surface area (Å²) in [7, 11) is 0. The maximum Gasteiger partial charge on any atom is 0.223 e. The molecule has 5 nitrogen and oxygen atoms in total. The Morgan fingerprint density at radius 2 is 2.10 bits per heavy atom. The van der Waals surface area contributed by atoms with Crippen molar-refractivity contribution in [2.24, 2.45) is 0 Å². The predicted molar refractivity (Wildman–Crippen MR) is 81.4 cm³/mol. The lowest BCUT2D eigenvalue weighted by atomic mass is 10.1. The van der Waals surface area contributed by atoms with Gasteiger partial charge in [0.25, 0.3) is 0 Å². The fourth-order valence-electron chi connectivity index (χ4n) is 1.73. The second kappa shape index (κ2) is 6.45. The van der Waals surface area contributed by atoms with Crippen LogP contribution in [0, 0.1) is 6.92 Å². The monoisotopic (exact) mass is 309 g/mol. The van der Waals surface area contributed by atoms with Crippen LogP contribution in [0.3, 0.4) is 0 Å². The molecular formula is C15H20ClN3O2. The molecule has 0 aliphatic heterocycles. The molecule has 0 unspecified atom stereocenters. The number of rotatable bonds is 5. The lowest BCUT2D eigenvalue weighted by Crippen LogP contribution is -2.35. The van der Waals surface area contributed by atoms with Gasteiger partial charge in [0, 0.05) is 29.6 Å². The number of hydrogen-bond acceptors (Lipinski definition) is 5. The minimum Gasteiger partial charge on any atom is -0.485 e. The molecule has 0 aliphatic carbocycles. The van der Waals surface area contributed by atoms with E-state index in [9.17, 15) is 0 Å². The normalized spacial score (nSPS) is 11.7. The van der Waals surface area contributed by atoms with Crippen LogP contribution in [0.1, 0.15) is 38.0 Å². The Hall–Kier alpha value is -1.59. The first-order chi connectivity index (χ1) is 9.83. The van der Waals surface area contributed by atoms with E-state index in [1.54, 1.807) is 13.0 Å². The Kier molecular flexibility index (Phi) is 4.85. The smallest absolute Gasteiger partial charge is 0.223 e. The molecule has 0 saturated carbocycles. The first-order valence-corrected chi connectivity index (χ1v) is 7.17. The van der Waals surface area contributed by atoms with E-state index < -0.39 is 0 Å². The third-order valence-electron chi connectivity index (χ3n) is 2.76. The molecule has 2 aromatic rings. The summed E-state index contributed by atoms with van der Waals surface area (Å²) < 4.78 is 10.7. The van der Waals surface area contributed by atoms with Crippen molar-refractivity contribution in [2.75, 3.05) is 0 Å². The van der Waals surface area contributed by atoms with Gasteiger partial charge in [0.15, 0.2) is 6.61 Å². The third-order valence-corrected chi connectivity index (χ3v) is 2.99. The Morgan fingerprint density at radius 1 is 1.33 bits per heavy atom. The fraction of sp³-hybridized carbons (Fsp3) is 0.467. The third kappa shape index (κ3) is 5.02. The second-order valence-corrected chi connectivity index (χ2v) is 6.31. The number of benzene rings is 1. The molecule has 1 N–H and O–H groups in total. The van der Waals surface area contributed by atoms with E-state index in [0.717, 1.165) is 11.3 Å². The summed E-state index contributed by atoms with van der Waals surface area (Å²) in [6.45, 7) is 9.02. The van der Waals surface area contributed by atoms with Gasteiger partial charge in [0.2, 0.25) is 11.7 Å². The zero-order valence-electron chi connectivity index (χ0n) is 12.7. The SMILES string of the molecule is Cc1nc(COc2ccc(Cl)cc2CNC(C)(C)C)no1. The fourth-order valence-corrected chi connectivity index (χ4v) is 1.92. The molecule has 2 rings (SSSR count). The molecule has 0 fully saturated rings. The Morgan fingerprint density at radius 3 is 2.71 bits per heavy atom. The minimum atomic E-state index is 0.0182. The highest BCUT2D eigenvalue weighted by molar-refractivity contribution is 6.30. The van der Waals surface area contributed by atoms with Crippen LogP contribution in [0.5, 0.6) is 5.75 Å². The van der Waals surface area contributed by atoms with Crippen LogP contribution < -0.4 is 10.1 Å². The summed E-state index contributed by atoms with van der Waals surface area (Å²) in [5.41, 5.74) is 1.02. The average Bonchev–Trinajstić information content (AvgIpc) is 2.80. The topological polar surface area (TPSA) is 60.2 Å². The number of aromatic nitrogens is 2. The zero-order valence-corrected chi connectivity index (χ0v) is 13.5. The molecular weight excluding hydrogens is 290 g/mol. The van der Waals surface area contributed by atoms with E-state index >= 15 is 0 Å². The first kappa shape index (κ1) is 15.8. The maximum absolute atomic E-state index is 6.06.